The smallest absolute Gasteiger partial charge is 0.307 e. The molecule has 0 bridgehead atoms. The number of hydrogen-bond acceptors (Lipinski definition) is 2. The van der Waals surface area contributed by atoms with Gasteiger partial charge in [-0.15, -0.1) is 0 Å². The molecule has 1 aromatic carbocycles. The van der Waals surface area contributed by atoms with Crippen molar-refractivity contribution in [2.45, 2.75) is 32.6 Å². The summed E-state index contributed by atoms with van der Waals surface area (Å²) in [6.45, 7) is 5.80. The molecule has 0 unspecified atom stereocenters. The zero-order valence-corrected chi connectivity index (χ0v) is 10.3. The van der Waals surface area contributed by atoms with Gasteiger partial charge in [-0.1, -0.05) is 32.4 Å². The minimum absolute atomic E-state index is 0.0271. The molecule has 0 saturated heterocycles. The van der Waals surface area contributed by atoms with E-state index in [-0.39, 0.29) is 17.6 Å². The van der Waals surface area contributed by atoms with Gasteiger partial charge in [0.2, 0.25) is 0 Å². The Balaban J connectivity index is 3.32. The lowest BCUT2D eigenvalue weighted by Gasteiger charge is -2.22. The van der Waals surface area contributed by atoms with Crippen LogP contribution >= 0.6 is 11.6 Å². The van der Waals surface area contributed by atoms with Gasteiger partial charge in [0, 0.05) is 16.1 Å². The molecule has 0 spiro atoms. The topological polar surface area (TPSA) is 57.5 Å². The molecule has 0 saturated carbocycles. The van der Waals surface area contributed by atoms with Crippen LogP contribution in [0.4, 0.5) is 0 Å². The molecule has 4 heteroatoms. The summed E-state index contributed by atoms with van der Waals surface area (Å²) in [5.74, 6) is -0.961. The monoisotopic (exact) mass is 242 g/mol. The van der Waals surface area contributed by atoms with Gasteiger partial charge in [-0.25, -0.2) is 0 Å². The van der Waals surface area contributed by atoms with Crippen molar-refractivity contribution in [3.05, 3.63) is 28.3 Å². The summed E-state index contributed by atoms with van der Waals surface area (Å²) in [5, 5.41) is 19.1. The number of phenolic OH excluding ortho intramolecular Hbond substituents is 1. The number of rotatable bonds is 2. The number of benzene rings is 1. The molecule has 0 aliphatic carbocycles. The van der Waals surface area contributed by atoms with E-state index in [9.17, 15) is 9.90 Å². The van der Waals surface area contributed by atoms with Gasteiger partial charge in [0.25, 0.3) is 0 Å². The fourth-order valence-electron chi connectivity index (χ4n) is 1.53. The van der Waals surface area contributed by atoms with Crippen molar-refractivity contribution in [1.29, 1.82) is 0 Å². The highest BCUT2D eigenvalue weighted by Crippen LogP contribution is 2.35. The zero-order valence-electron chi connectivity index (χ0n) is 9.54. The van der Waals surface area contributed by atoms with E-state index in [0.717, 1.165) is 0 Å². The Morgan fingerprint density at radius 2 is 1.94 bits per heavy atom. The maximum Gasteiger partial charge on any atom is 0.307 e. The second-order valence-electron chi connectivity index (χ2n) is 4.78. The molecule has 0 aliphatic heterocycles. The largest absolute Gasteiger partial charge is 0.507 e. The number of aliphatic carboxylic acids is 1. The SMILES string of the molecule is CC(C)(C)c1cc(Cl)cc(CC(=O)O)c1O. The van der Waals surface area contributed by atoms with E-state index < -0.39 is 5.97 Å². The van der Waals surface area contributed by atoms with Crippen LogP contribution in [0.1, 0.15) is 31.9 Å². The molecule has 16 heavy (non-hydrogen) atoms. The number of hydrogen-bond donors (Lipinski definition) is 2. The predicted molar refractivity (Wildman–Crippen MR) is 63.2 cm³/mol. The highest BCUT2D eigenvalue weighted by Gasteiger charge is 2.21. The third-order valence-corrected chi connectivity index (χ3v) is 2.52. The lowest BCUT2D eigenvalue weighted by atomic mass is 9.85. The Morgan fingerprint density at radius 1 is 1.38 bits per heavy atom. The second kappa shape index (κ2) is 4.34. The number of carboxylic acids is 1. The van der Waals surface area contributed by atoms with Gasteiger partial charge < -0.3 is 10.2 Å². The van der Waals surface area contributed by atoms with Gasteiger partial charge in [0.1, 0.15) is 5.75 Å². The van der Waals surface area contributed by atoms with Crippen LogP contribution in [0, 0.1) is 0 Å². The summed E-state index contributed by atoms with van der Waals surface area (Å²) in [5.41, 5.74) is 0.739. The highest BCUT2D eigenvalue weighted by molar-refractivity contribution is 6.30. The van der Waals surface area contributed by atoms with Crippen molar-refractivity contribution >= 4 is 17.6 Å². The van der Waals surface area contributed by atoms with Gasteiger partial charge in [-0.05, 0) is 17.5 Å². The van der Waals surface area contributed by atoms with Crippen LogP contribution in [0.2, 0.25) is 5.02 Å². The van der Waals surface area contributed by atoms with E-state index in [1.54, 1.807) is 6.07 Å². The second-order valence-corrected chi connectivity index (χ2v) is 5.22. The Hall–Kier alpha value is -1.22. The summed E-state index contributed by atoms with van der Waals surface area (Å²) >= 11 is 5.91. The van der Waals surface area contributed by atoms with Crippen LogP contribution < -0.4 is 0 Å². The Morgan fingerprint density at radius 3 is 2.38 bits per heavy atom. The standard InChI is InChI=1S/C12H15ClO3/c1-12(2,3)9-6-8(13)4-7(11(9)16)5-10(14)15/h4,6,16H,5H2,1-3H3,(H,14,15). The van der Waals surface area contributed by atoms with E-state index in [0.29, 0.717) is 16.1 Å². The molecule has 0 amide bonds. The minimum Gasteiger partial charge on any atom is -0.507 e. The van der Waals surface area contributed by atoms with Crippen molar-refractivity contribution < 1.29 is 15.0 Å². The van der Waals surface area contributed by atoms with Crippen LogP contribution in [0.25, 0.3) is 0 Å². The number of phenols is 1. The van der Waals surface area contributed by atoms with Gasteiger partial charge >= 0.3 is 5.97 Å². The maximum atomic E-state index is 10.6. The van der Waals surface area contributed by atoms with Crippen molar-refractivity contribution in [1.82, 2.24) is 0 Å². The number of halogens is 1. The summed E-state index contributed by atoms with van der Waals surface area (Å²) in [6, 6.07) is 3.16. The van der Waals surface area contributed by atoms with Gasteiger partial charge in [-0.2, -0.15) is 0 Å². The molecular weight excluding hydrogens is 228 g/mol. The van der Waals surface area contributed by atoms with Gasteiger partial charge in [0.05, 0.1) is 6.42 Å². The molecule has 2 N–H and O–H groups in total. The fraction of sp³-hybridized carbons (Fsp3) is 0.417. The molecule has 0 atom stereocenters. The molecule has 1 aromatic rings. The average molecular weight is 243 g/mol. The van der Waals surface area contributed by atoms with Crippen molar-refractivity contribution in [3.63, 3.8) is 0 Å². The van der Waals surface area contributed by atoms with E-state index in [2.05, 4.69) is 0 Å². The quantitative estimate of drug-likeness (QED) is 0.838. The molecule has 0 radical (unpaired) electrons. The van der Waals surface area contributed by atoms with Crippen LogP contribution in [0.5, 0.6) is 5.75 Å². The zero-order chi connectivity index (χ0) is 12.5. The van der Waals surface area contributed by atoms with Crippen LogP contribution in [0.15, 0.2) is 12.1 Å². The Bertz CT molecular complexity index is 419. The highest BCUT2D eigenvalue weighted by atomic mass is 35.5. The van der Waals surface area contributed by atoms with E-state index in [4.69, 9.17) is 16.7 Å². The molecular formula is C12H15ClO3. The minimum atomic E-state index is -0.988. The van der Waals surface area contributed by atoms with Crippen molar-refractivity contribution in [2.24, 2.45) is 0 Å². The van der Waals surface area contributed by atoms with E-state index in [1.807, 2.05) is 20.8 Å². The van der Waals surface area contributed by atoms with Crippen molar-refractivity contribution in [2.75, 3.05) is 0 Å². The normalized spacial score (nSPS) is 11.5. The van der Waals surface area contributed by atoms with Gasteiger partial charge in [0.15, 0.2) is 0 Å². The summed E-state index contributed by atoms with van der Waals surface area (Å²) in [6.07, 6.45) is -0.227. The lowest BCUT2D eigenvalue weighted by molar-refractivity contribution is -0.136. The molecule has 3 nitrogen and oxygen atoms in total. The lowest BCUT2D eigenvalue weighted by Crippen LogP contribution is -2.13. The fourth-order valence-corrected chi connectivity index (χ4v) is 1.77. The first-order valence-corrected chi connectivity index (χ1v) is 5.33. The van der Waals surface area contributed by atoms with Gasteiger partial charge in [-0.3, -0.25) is 4.79 Å². The molecule has 88 valence electrons. The first kappa shape index (κ1) is 12.8. The number of carbonyl (C=O) groups is 1. The number of aromatic hydroxyl groups is 1. The molecule has 1 rings (SSSR count). The average Bonchev–Trinajstić information content (AvgIpc) is 2.07. The third kappa shape index (κ3) is 2.89. The first-order chi connectivity index (χ1) is 7.21. The van der Waals surface area contributed by atoms with Crippen LogP contribution in [-0.2, 0) is 16.6 Å². The van der Waals surface area contributed by atoms with Crippen molar-refractivity contribution in [3.8, 4) is 5.75 Å². The predicted octanol–water partition coefficient (Wildman–Crippen LogP) is 2.97. The summed E-state index contributed by atoms with van der Waals surface area (Å²) < 4.78 is 0. The Kier molecular flexibility index (Phi) is 3.48. The number of carboxylic acid groups (broad SMARTS) is 1. The first-order valence-electron chi connectivity index (χ1n) is 4.95. The summed E-state index contributed by atoms with van der Waals surface area (Å²) in [7, 11) is 0. The van der Waals surface area contributed by atoms with Crippen LogP contribution in [-0.4, -0.2) is 16.2 Å². The maximum absolute atomic E-state index is 10.6. The molecule has 0 aromatic heterocycles. The third-order valence-electron chi connectivity index (χ3n) is 2.30. The molecule has 0 aliphatic rings. The molecule has 0 fully saturated rings. The summed E-state index contributed by atoms with van der Waals surface area (Å²) in [4.78, 5) is 10.6. The Labute approximate surface area is 99.7 Å². The van der Waals surface area contributed by atoms with Crippen LogP contribution in [0.3, 0.4) is 0 Å². The molecule has 0 heterocycles. The van der Waals surface area contributed by atoms with E-state index in [1.165, 1.54) is 6.07 Å². The van der Waals surface area contributed by atoms with E-state index >= 15 is 0 Å².